The fourth-order valence-electron chi connectivity index (χ4n) is 8.45. The van der Waals surface area contributed by atoms with Gasteiger partial charge in [0.2, 0.25) is 5.91 Å². The summed E-state index contributed by atoms with van der Waals surface area (Å²) in [5.41, 5.74) is 0. The fraction of sp³-hybridized carbons (Fsp3) is 0.942. The van der Waals surface area contributed by atoms with Crippen LogP contribution in [-0.2, 0) is 23.9 Å². The van der Waals surface area contributed by atoms with E-state index in [0.29, 0.717) is 44.3 Å². The Morgan fingerprint density at radius 2 is 0.712 bits per heavy atom. The summed E-state index contributed by atoms with van der Waals surface area (Å²) >= 11 is 0. The van der Waals surface area contributed by atoms with E-state index in [-0.39, 0.29) is 29.9 Å². The molecule has 0 aromatic heterocycles. The average Bonchev–Trinajstić information content (AvgIpc) is 3.21. The number of unbranched alkanes of at least 4 members (excludes halogenated alkanes) is 22. The smallest absolute Gasteiger partial charge is 0.306 e. The van der Waals surface area contributed by atoms with E-state index in [4.69, 9.17) is 9.47 Å². The molecule has 1 unspecified atom stereocenters. The lowest BCUT2D eigenvalue weighted by Crippen LogP contribution is -2.38. The molecule has 0 radical (unpaired) electrons. The summed E-state index contributed by atoms with van der Waals surface area (Å²) in [5, 5.41) is 6.57. The number of ether oxygens (including phenoxy) is 2. The highest BCUT2D eigenvalue weighted by atomic mass is 16.5. The molecule has 0 aromatic carbocycles. The van der Waals surface area contributed by atoms with E-state index in [1.54, 1.807) is 0 Å². The van der Waals surface area contributed by atoms with E-state index in [2.05, 4.69) is 45.3 Å². The van der Waals surface area contributed by atoms with Crippen LogP contribution in [0.2, 0.25) is 0 Å². The summed E-state index contributed by atoms with van der Waals surface area (Å²) < 4.78 is 11.3. The number of rotatable bonds is 46. The molecule has 0 rings (SSSR count). The number of hydrogen-bond donors (Lipinski definition) is 2. The first-order valence-corrected chi connectivity index (χ1v) is 26.1. The first-order chi connectivity index (χ1) is 28.8. The number of carbonyl (C=O) groups is 3. The van der Waals surface area contributed by atoms with Crippen molar-refractivity contribution in [1.82, 2.24) is 10.6 Å². The minimum absolute atomic E-state index is 0.0159. The minimum Gasteiger partial charge on any atom is -0.466 e. The molecule has 7 nitrogen and oxygen atoms in total. The quantitative estimate of drug-likeness (QED) is 0.0469. The maximum Gasteiger partial charge on any atom is 0.306 e. The summed E-state index contributed by atoms with van der Waals surface area (Å²) in [6.07, 6.45) is 42.5. The minimum atomic E-state index is 0.0159. The summed E-state index contributed by atoms with van der Waals surface area (Å²) in [7, 11) is 1.92. The lowest BCUT2D eigenvalue weighted by Gasteiger charge is -2.20. The highest BCUT2D eigenvalue weighted by Crippen LogP contribution is 2.23. The first kappa shape index (κ1) is 57.4. The van der Waals surface area contributed by atoms with Gasteiger partial charge in [-0.05, 0) is 77.2 Å². The first-order valence-electron chi connectivity index (χ1n) is 26.1. The zero-order valence-electron chi connectivity index (χ0n) is 40.4. The Kier molecular flexibility index (Phi) is 43.2. The van der Waals surface area contributed by atoms with E-state index in [9.17, 15) is 14.4 Å². The maximum absolute atomic E-state index is 12.7. The van der Waals surface area contributed by atoms with Crippen LogP contribution in [0.3, 0.4) is 0 Å². The van der Waals surface area contributed by atoms with Crippen LogP contribution in [0.5, 0.6) is 0 Å². The number of esters is 2. The Hall–Kier alpha value is -1.63. The van der Waals surface area contributed by atoms with Crippen LogP contribution in [0.15, 0.2) is 0 Å². The summed E-state index contributed by atoms with van der Waals surface area (Å²) in [5.74, 6) is 1.20. The van der Waals surface area contributed by atoms with Gasteiger partial charge in [-0.3, -0.25) is 14.4 Å². The van der Waals surface area contributed by atoms with Gasteiger partial charge in [0.1, 0.15) is 0 Å². The predicted octanol–water partition coefficient (Wildman–Crippen LogP) is 14.9. The largest absolute Gasteiger partial charge is 0.466 e. The molecule has 0 aliphatic carbocycles. The van der Waals surface area contributed by atoms with Crippen LogP contribution < -0.4 is 10.6 Å². The van der Waals surface area contributed by atoms with Gasteiger partial charge in [0.05, 0.1) is 13.2 Å². The second-order valence-electron chi connectivity index (χ2n) is 18.5. The van der Waals surface area contributed by atoms with Crippen molar-refractivity contribution in [3.8, 4) is 0 Å². The van der Waals surface area contributed by atoms with Crippen LogP contribution in [0.25, 0.3) is 0 Å². The lowest BCUT2D eigenvalue weighted by molar-refractivity contribution is -0.146. The summed E-state index contributed by atoms with van der Waals surface area (Å²) in [4.78, 5) is 37.7. The van der Waals surface area contributed by atoms with E-state index in [1.165, 1.54) is 180 Å². The third kappa shape index (κ3) is 40.2. The number of nitrogens with one attached hydrogen (secondary N) is 2. The van der Waals surface area contributed by atoms with Crippen molar-refractivity contribution >= 4 is 17.8 Å². The third-order valence-electron chi connectivity index (χ3n) is 12.5. The Morgan fingerprint density at radius 1 is 0.407 bits per heavy atom. The van der Waals surface area contributed by atoms with E-state index in [1.807, 2.05) is 7.05 Å². The van der Waals surface area contributed by atoms with Crippen molar-refractivity contribution in [1.29, 1.82) is 0 Å². The molecule has 0 spiro atoms. The van der Waals surface area contributed by atoms with Gasteiger partial charge in [0.15, 0.2) is 0 Å². The van der Waals surface area contributed by atoms with E-state index >= 15 is 0 Å². The second-order valence-corrected chi connectivity index (χ2v) is 18.5. The van der Waals surface area contributed by atoms with E-state index < -0.39 is 0 Å². The van der Waals surface area contributed by atoms with Crippen molar-refractivity contribution < 1.29 is 23.9 Å². The molecule has 1 atom stereocenters. The zero-order chi connectivity index (χ0) is 43.4. The molecule has 59 heavy (non-hydrogen) atoms. The highest BCUT2D eigenvalue weighted by Gasteiger charge is 2.17. The molecule has 350 valence electrons. The average molecular weight is 835 g/mol. The van der Waals surface area contributed by atoms with Gasteiger partial charge in [-0.15, -0.1) is 0 Å². The number of amides is 1. The topological polar surface area (TPSA) is 93.7 Å². The van der Waals surface area contributed by atoms with Crippen LogP contribution >= 0.6 is 0 Å². The Bertz CT molecular complexity index is 849. The van der Waals surface area contributed by atoms with Crippen LogP contribution in [0.1, 0.15) is 272 Å². The Labute approximate surface area is 367 Å². The third-order valence-corrected chi connectivity index (χ3v) is 12.5. The Balaban J connectivity index is 4.15. The molecule has 0 heterocycles. The van der Waals surface area contributed by atoms with Gasteiger partial charge in [-0.25, -0.2) is 0 Å². The Morgan fingerprint density at radius 3 is 1.03 bits per heavy atom. The normalized spacial score (nSPS) is 12.2. The molecule has 2 N–H and O–H groups in total. The molecule has 0 aliphatic heterocycles. The molecule has 1 amide bonds. The fourth-order valence-corrected chi connectivity index (χ4v) is 8.45. The molecule has 7 heteroatoms. The van der Waals surface area contributed by atoms with Crippen molar-refractivity contribution in [2.45, 2.75) is 284 Å². The molecule has 0 saturated heterocycles. The van der Waals surface area contributed by atoms with Gasteiger partial charge < -0.3 is 20.1 Å². The SMILES string of the molecule is CCCCCC(CCCCC)CC(=O)OCCCCCCCCCCC(CCCCCCCCCCOC(=O)CC(CCCCC)CCCCC)NC(=O)CC(C)NC. The van der Waals surface area contributed by atoms with Crippen molar-refractivity contribution in [2.75, 3.05) is 20.3 Å². The van der Waals surface area contributed by atoms with E-state index in [0.717, 1.165) is 38.5 Å². The lowest BCUT2D eigenvalue weighted by atomic mass is 9.92. The van der Waals surface area contributed by atoms with Crippen LogP contribution in [0, 0.1) is 11.8 Å². The van der Waals surface area contributed by atoms with Crippen molar-refractivity contribution in [2.24, 2.45) is 11.8 Å². The molecule has 0 aromatic rings. The monoisotopic (exact) mass is 835 g/mol. The molecule has 0 bridgehead atoms. The van der Waals surface area contributed by atoms with Crippen molar-refractivity contribution in [3.63, 3.8) is 0 Å². The summed E-state index contributed by atoms with van der Waals surface area (Å²) in [6.45, 7) is 12.2. The molecular formula is C52H102N2O5. The molecule has 0 fully saturated rings. The van der Waals surface area contributed by atoms with Crippen molar-refractivity contribution in [3.05, 3.63) is 0 Å². The molecule has 0 saturated carbocycles. The van der Waals surface area contributed by atoms with Crippen LogP contribution in [0.4, 0.5) is 0 Å². The predicted molar refractivity (Wildman–Crippen MR) is 253 cm³/mol. The van der Waals surface area contributed by atoms with Gasteiger partial charge >= 0.3 is 11.9 Å². The van der Waals surface area contributed by atoms with Gasteiger partial charge in [-0.2, -0.15) is 0 Å². The number of hydrogen-bond acceptors (Lipinski definition) is 6. The maximum atomic E-state index is 12.7. The highest BCUT2D eigenvalue weighted by molar-refractivity contribution is 5.76. The van der Waals surface area contributed by atoms with Gasteiger partial charge in [0.25, 0.3) is 0 Å². The molecular weight excluding hydrogens is 733 g/mol. The second kappa shape index (κ2) is 44.4. The summed E-state index contributed by atoms with van der Waals surface area (Å²) in [6, 6.07) is 0.471. The standard InChI is InChI=1S/C52H102N2O5/c1-7-11-27-35-47(36-28-12-8-2)44-51(56)58-41-33-25-21-17-15-19-23-31-39-49(54-50(55)43-46(5)53-6)40-32-24-20-16-18-22-26-34-42-59-52(57)45-48(37-29-13-9-3)38-30-14-10-4/h46-49,53H,7-45H2,1-6H3,(H,54,55). The van der Waals surface area contributed by atoms with Gasteiger partial charge in [-0.1, -0.05) is 195 Å². The number of carbonyl (C=O) groups excluding carboxylic acids is 3. The van der Waals surface area contributed by atoms with Gasteiger partial charge in [0, 0.05) is 31.3 Å². The zero-order valence-corrected chi connectivity index (χ0v) is 40.4. The van der Waals surface area contributed by atoms with Crippen LogP contribution in [-0.4, -0.2) is 50.2 Å². The molecule has 0 aliphatic rings.